The Kier molecular flexibility index (Phi) is 4.23. The van der Waals surface area contributed by atoms with Crippen molar-refractivity contribution in [2.24, 2.45) is 11.8 Å². The molecule has 1 aliphatic carbocycles. The molecule has 4 nitrogen and oxygen atoms in total. The number of aliphatic hydroxyl groups is 1. The van der Waals surface area contributed by atoms with Crippen LogP contribution in [0.1, 0.15) is 35.3 Å². The molecular weight excluding hydrogens is 338 g/mol. The number of carbonyl (C=O) groups is 1. The Morgan fingerprint density at radius 1 is 1.23 bits per heavy atom. The molecule has 26 heavy (non-hydrogen) atoms. The highest BCUT2D eigenvalue weighted by Crippen LogP contribution is 2.48. The van der Waals surface area contributed by atoms with Crippen molar-refractivity contribution in [2.75, 3.05) is 13.1 Å². The number of likely N-dealkylation sites (tertiary alicyclic amines) is 1. The molecule has 1 saturated carbocycles. The van der Waals surface area contributed by atoms with E-state index in [4.69, 9.17) is 0 Å². The van der Waals surface area contributed by atoms with Gasteiger partial charge in [-0.2, -0.15) is 0 Å². The first-order valence-electron chi connectivity index (χ1n) is 8.87. The average Bonchev–Trinajstić information content (AvgIpc) is 3.08. The highest BCUT2D eigenvalue weighted by Gasteiger charge is 2.50. The zero-order chi connectivity index (χ0) is 18.3. The summed E-state index contributed by atoms with van der Waals surface area (Å²) in [6.07, 6.45) is 3.28. The summed E-state index contributed by atoms with van der Waals surface area (Å²) in [6.45, 7) is 0.796. The lowest BCUT2D eigenvalue weighted by atomic mass is 9.67. The maximum atomic E-state index is 13.9. The Balaban J connectivity index is 1.61. The Bertz CT molecular complexity index is 830. The number of amides is 1. The topological polar surface area (TPSA) is 53.4 Å². The monoisotopic (exact) mass is 358 g/mol. The molecule has 2 aliphatic rings. The normalized spacial score (nSPS) is 28.0. The minimum absolute atomic E-state index is 0.105. The first-order chi connectivity index (χ1) is 12.5. The van der Waals surface area contributed by atoms with E-state index in [-0.39, 0.29) is 17.5 Å². The molecule has 6 heteroatoms. The lowest BCUT2D eigenvalue weighted by molar-refractivity contribution is -0.0644. The van der Waals surface area contributed by atoms with Gasteiger partial charge in [0.2, 0.25) is 0 Å². The van der Waals surface area contributed by atoms with Crippen LogP contribution in [0, 0.1) is 23.5 Å². The summed E-state index contributed by atoms with van der Waals surface area (Å²) in [4.78, 5) is 17.9. The number of nitrogens with zero attached hydrogens (tertiary/aromatic N) is 2. The first kappa shape index (κ1) is 17.1. The van der Waals surface area contributed by atoms with Gasteiger partial charge in [0.05, 0.1) is 11.8 Å². The van der Waals surface area contributed by atoms with Gasteiger partial charge in [-0.15, -0.1) is 0 Å². The fourth-order valence-corrected chi connectivity index (χ4v) is 4.50. The number of rotatable bonds is 2. The second-order valence-corrected chi connectivity index (χ2v) is 7.24. The highest BCUT2D eigenvalue weighted by molar-refractivity contribution is 5.92. The SMILES string of the molecule is O=C(c1ncc(F)cc1F)N1C[C@H]2CCC[C@](O)(c3ccccc3)[C@H]2C1. The smallest absolute Gasteiger partial charge is 0.275 e. The number of hydrogen-bond donors (Lipinski definition) is 1. The van der Waals surface area contributed by atoms with Crippen molar-refractivity contribution in [3.05, 3.63) is 65.5 Å². The van der Waals surface area contributed by atoms with Gasteiger partial charge in [0.1, 0.15) is 5.82 Å². The van der Waals surface area contributed by atoms with Crippen molar-refractivity contribution in [3.8, 4) is 0 Å². The van der Waals surface area contributed by atoms with E-state index < -0.39 is 23.1 Å². The average molecular weight is 358 g/mol. The van der Waals surface area contributed by atoms with Crippen LogP contribution in [0.3, 0.4) is 0 Å². The van der Waals surface area contributed by atoms with Crippen LogP contribution in [0.15, 0.2) is 42.6 Å². The van der Waals surface area contributed by atoms with Crippen LogP contribution >= 0.6 is 0 Å². The molecule has 1 aromatic heterocycles. The summed E-state index contributed by atoms with van der Waals surface area (Å²) >= 11 is 0. The van der Waals surface area contributed by atoms with Gasteiger partial charge in [-0.25, -0.2) is 13.8 Å². The Hall–Kier alpha value is -2.34. The summed E-state index contributed by atoms with van der Waals surface area (Å²) < 4.78 is 27.0. The number of fused-ring (bicyclic) bond motifs is 1. The van der Waals surface area contributed by atoms with Crippen LogP contribution in [-0.4, -0.2) is 34.0 Å². The van der Waals surface area contributed by atoms with Gasteiger partial charge in [-0.1, -0.05) is 30.3 Å². The molecule has 2 aromatic rings. The number of pyridine rings is 1. The van der Waals surface area contributed by atoms with Crippen LogP contribution < -0.4 is 0 Å². The molecule has 3 atom stereocenters. The van der Waals surface area contributed by atoms with E-state index in [0.29, 0.717) is 25.6 Å². The molecule has 2 fully saturated rings. The van der Waals surface area contributed by atoms with Crippen LogP contribution in [0.5, 0.6) is 0 Å². The molecule has 1 N–H and O–H groups in total. The van der Waals surface area contributed by atoms with Crippen LogP contribution in [0.2, 0.25) is 0 Å². The number of hydrogen-bond acceptors (Lipinski definition) is 3. The molecule has 2 heterocycles. The molecule has 0 spiro atoms. The van der Waals surface area contributed by atoms with Crippen molar-refractivity contribution in [1.82, 2.24) is 9.88 Å². The standard InChI is InChI=1S/C20H20F2N2O2/c21-15-9-17(22)18(23-10-15)19(25)24-11-13-5-4-8-20(26,16(13)12-24)14-6-2-1-3-7-14/h1-3,6-7,9-10,13,16,26H,4-5,8,11-12H2/t13-,16+,20+/m1/s1. The lowest BCUT2D eigenvalue weighted by Crippen LogP contribution is -2.43. The molecule has 0 bridgehead atoms. The van der Waals surface area contributed by atoms with Crippen molar-refractivity contribution >= 4 is 5.91 Å². The summed E-state index contributed by atoms with van der Waals surface area (Å²) in [5, 5.41) is 11.4. The zero-order valence-electron chi connectivity index (χ0n) is 14.2. The molecule has 4 rings (SSSR count). The van der Waals surface area contributed by atoms with Crippen molar-refractivity contribution in [1.29, 1.82) is 0 Å². The third-order valence-electron chi connectivity index (χ3n) is 5.76. The van der Waals surface area contributed by atoms with Gasteiger partial charge in [0, 0.05) is 25.1 Å². The minimum atomic E-state index is -0.992. The van der Waals surface area contributed by atoms with Gasteiger partial charge in [0.15, 0.2) is 11.5 Å². The van der Waals surface area contributed by atoms with E-state index in [2.05, 4.69) is 4.98 Å². The van der Waals surface area contributed by atoms with E-state index in [1.165, 1.54) is 4.90 Å². The third kappa shape index (κ3) is 2.78. The van der Waals surface area contributed by atoms with Gasteiger partial charge >= 0.3 is 0 Å². The molecule has 1 aliphatic heterocycles. The Morgan fingerprint density at radius 3 is 2.73 bits per heavy atom. The van der Waals surface area contributed by atoms with Gasteiger partial charge < -0.3 is 10.0 Å². The summed E-state index contributed by atoms with van der Waals surface area (Å²) in [7, 11) is 0. The van der Waals surface area contributed by atoms with E-state index in [9.17, 15) is 18.7 Å². The second kappa shape index (κ2) is 6.43. The molecule has 136 valence electrons. The Morgan fingerprint density at radius 2 is 2.00 bits per heavy atom. The quantitative estimate of drug-likeness (QED) is 0.897. The number of benzene rings is 1. The van der Waals surface area contributed by atoms with Crippen LogP contribution in [0.4, 0.5) is 8.78 Å². The number of carbonyl (C=O) groups excluding carboxylic acids is 1. The molecular formula is C20H20F2N2O2. The Labute approximate surface area is 150 Å². The van der Waals surface area contributed by atoms with Gasteiger partial charge in [-0.3, -0.25) is 4.79 Å². The van der Waals surface area contributed by atoms with E-state index in [0.717, 1.165) is 24.6 Å². The second-order valence-electron chi connectivity index (χ2n) is 7.24. The number of aromatic nitrogens is 1. The summed E-state index contributed by atoms with van der Waals surface area (Å²) in [5.41, 5.74) is -0.503. The first-order valence-corrected chi connectivity index (χ1v) is 8.87. The van der Waals surface area contributed by atoms with Crippen molar-refractivity contribution in [3.63, 3.8) is 0 Å². The van der Waals surface area contributed by atoms with E-state index in [1.54, 1.807) is 0 Å². The largest absolute Gasteiger partial charge is 0.385 e. The van der Waals surface area contributed by atoms with Crippen molar-refractivity contribution < 1.29 is 18.7 Å². The predicted molar refractivity (Wildman–Crippen MR) is 91.2 cm³/mol. The molecule has 1 amide bonds. The molecule has 1 aromatic carbocycles. The molecule has 1 saturated heterocycles. The van der Waals surface area contributed by atoms with Crippen LogP contribution in [0.25, 0.3) is 0 Å². The third-order valence-corrected chi connectivity index (χ3v) is 5.76. The predicted octanol–water partition coefficient (Wildman–Crippen LogP) is 3.12. The maximum Gasteiger partial charge on any atom is 0.275 e. The van der Waals surface area contributed by atoms with Gasteiger partial charge in [-0.05, 0) is 30.7 Å². The van der Waals surface area contributed by atoms with Gasteiger partial charge in [0.25, 0.3) is 5.91 Å². The fourth-order valence-electron chi connectivity index (χ4n) is 4.50. The highest BCUT2D eigenvalue weighted by atomic mass is 19.1. The fraction of sp³-hybridized carbons (Fsp3) is 0.400. The minimum Gasteiger partial charge on any atom is -0.385 e. The molecule has 0 radical (unpaired) electrons. The maximum absolute atomic E-state index is 13.9. The summed E-state index contributed by atoms with van der Waals surface area (Å²) in [6, 6.07) is 10.2. The zero-order valence-corrected chi connectivity index (χ0v) is 14.2. The lowest BCUT2D eigenvalue weighted by Gasteiger charge is -2.41. The van der Waals surface area contributed by atoms with Crippen molar-refractivity contribution in [2.45, 2.75) is 24.9 Å². The van der Waals surface area contributed by atoms with E-state index >= 15 is 0 Å². The molecule has 0 unspecified atom stereocenters. The number of halogens is 2. The van der Waals surface area contributed by atoms with E-state index in [1.807, 2.05) is 30.3 Å². The van der Waals surface area contributed by atoms with Crippen LogP contribution in [-0.2, 0) is 5.60 Å². The summed E-state index contributed by atoms with van der Waals surface area (Å²) in [5.74, 6) is -2.27.